The van der Waals surface area contributed by atoms with Crippen LogP contribution in [0.4, 0.5) is 13.6 Å². The van der Waals surface area contributed by atoms with Crippen LogP contribution in [0, 0.1) is 5.82 Å². The summed E-state index contributed by atoms with van der Waals surface area (Å²) < 4.78 is 30.5. The second-order valence-electron chi connectivity index (χ2n) is 8.49. The topological polar surface area (TPSA) is 111 Å². The van der Waals surface area contributed by atoms with E-state index >= 15 is 4.39 Å². The second-order valence-corrected chi connectivity index (χ2v) is 8.92. The third-order valence-corrected chi connectivity index (χ3v) is 6.19. The second kappa shape index (κ2) is 9.02. The van der Waals surface area contributed by atoms with Gasteiger partial charge in [-0.25, -0.2) is 18.4 Å². The molecule has 0 saturated carbocycles. The van der Waals surface area contributed by atoms with Crippen LogP contribution in [-0.4, -0.2) is 68.5 Å². The molecule has 3 amide bonds. The summed E-state index contributed by atoms with van der Waals surface area (Å²) in [6.45, 7) is 1.73. The van der Waals surface area contributed by atoms with Gasteiger partial charge in [0.05, 0.1) is 12.3 Å². The highest BCUT2D eigenvalue weighted by Gasteiger charge is 2.54. The number of halogens is 3. The van der Waals surface area contributed by atoms with E-state index in [-0.39, 0.29) is 5.56 Å². The Bertz CT molecular complexity index is 1190. The lowest BCUT2D eigenvalue weighted by Gasteiger charge is -2.25. The Hall–Kier alpha value is -3.53. The Balaban J connectivity index is 1.90. The number of benzene rings is 2. The van der Waals surface area contributed by atoms with Crippen molar-refractivity contribution in [3.05, 3.63) is 58.9 Å². The van der Waals surface area contributed by atoms with Crippen molar-refractivity contribution in [1.29, 1.82) is 0 Å². The number of imide groups is 1. The molecule has 2 N–H and O–H groups in total. The highest BCUT2D eigenvalue weighted by Crippen LogP contribution is 2.31. The van der Waals surface area contributed by atoms with Crippen LogP contribution in [0.5, 0.6) is 0 Å². The lowest BCUT2D eigenvalue weighted by Crippen LogP contribution is -2.50. The van der Waals surface area contributed by atoms with Crippen LogP contribution in [0.3, 0.4) is 0 Å². The number of alkyl halides is 1. The molecule has 180 valence electrons. The first kappa shape index (κ1) is 25.1. The number of hydrogen-bond donors (Lipinski definition) is 2. The molecule has 0 aliphatic carbocycles. The van der Waals surface area contributed by atoms with Gasteiger partial charge in [0.25, 0.3) is 5.91 Å². The molecule has 1 aliphatic heterocycles. The molecule has 1 fully saturated rings. The molecule has 1 unspecified atom stereocenters. The molecule has 0 spiro atoms. The summed E-state index contributed by atoms with van der Waals surface area (Å²) in [6, 6.07) is 9.52. The van der Waals surface area contributed by atoms with Crippen molar-refractivity contribution in [2.75, 3.05) is 13.6 Å². The average molecular weight is 494 g/mol. The number of rotatable bonds is 7. The number of amides is 3. The van der Waals surface area contributed by atoms with Gasteiger partial charge in [0, 0.05) is 24.1 Å². The summed E-state index contributed by atoms with van der Waals surface area (Å²) in [6.07, 6.45) is -1.10. The van der Waals surface area contributed by atoms with Crippen LogP contribution in [0.25, 0.3) is 11.1 Å². The van der Waals surface area contributed by atoms with Gasteiger partial charge in [0.15, 0.2) is 0 Å². The van der Waals surface area contributed by atoms with E-state index in [2.05, 4.69) is 5.16 Å². The van der Waals surface area contributed by atoms with E-state index in [9.17, 15) is 29.1 Å². The molecule has 2 aromatic rings. The minimum atomic E-state index is -3.24. The van der Waals surface area contributed by atoms with Gasteiger partial charge in [0.1, 0.15) is 11.4 Å². The first-order valence-electron chi connectivity index (χ1n) is 10.1. The predicted molar refractivity (Wildman–Crippen MR) is 120 cm³/mol. The molecule has 0 aromatic heterocycles. The number of hydrogen-bond acceptors (Lipinski definition) is 5. The number of nitrogens with zero attached hydrogens (tertiary/aromatic N) is 3. The van der Waals surface area contributed by atoms with Crippen LogP contribution < -0.4 is 0 Å². The molecule has 34 heavy (non-hydrogen) atoms. The Labute approximate surface area is 199 Å². The smallest absolute Gasteiger partial charge is 0.343 e. The van der Waals surface area contributed by atoms with Gasteiger partial charge >= 0.3 is 12.0 Å². The molecule has 1 saturated heterocycles. The zero-order valence-electron chi connectivity index (χ0n) is 18.6. The normalized spacial score (nSPS) is 17.8. The van der Waals surface area contributed by atoms with Crippen LogP contribution in [0.15, 0.2) is 47.6 Å². The van der Waals surface area contributed by atoms with E-state index in [1.807, 2.05) is 0 Å². The van der Waals surface area contributed by atoms with Crippen molar-refractivity contribution >= 4 is 35.2 Å². The standard InChI is InChI=1S/C23H22ClF2N3O5/c1-22(2)19(30)29(21(33)28(22)3)12-23(26,20(31)32)11-18(27-34)16-9-6-14(10-17(16)25)13-4-7-15(24)8-5-13/h4-10,34H,11-12H2,1-3H3,(H,31,32)/b27-18+. The van der Waals surface area contributed by atoms with Crippen molar-refractivity contribution in [2.24, 2.45) is 5.16 Å². The summed E-state index contributed by atoms with van der Waals surface area (Å²) in [5.41, 5.74) is -4.38. The van der Waals surface area contributed by atoms with Crippen LogP contribution >= 0.6 is 11.6 Å². The summed E-state index contributed by atoms with van der Waals surface area (Å²) in [7, 11) is 1.33. The summed E-state index contributed by atoms with van der Waals surface area (Å²) in [5, 5.41) is 22.4. The lowest BCUT2D eigenvalue weighted by molar-refractivity contribution is -0.152. The van der Waals surface area contributed by atoms with Crippen molar-refractivity contribution in [2.45, 2.75) is 31.5 Å². The molecule has 1 aliphatic rings. The van der Waals surface area contributed by atoms with E-state index in [0.717, 1.165) is 11.0 Å². The van der Waals surface area contributed by atoms with Crippen LogP contribution in [0.2, 0.25) is 5.02 Å². The van der Waals surface area contributed by atoms with Gasteiger partial charge in [0.2, 0.25) is 5.67 Å². The zero-order valence-corrected chi connectivity index (χ0v) is 19.3. The highest BCUT2D eigenvalue weighted by atomic mass is 35.5. The number of carbonyl (C=O) groups excluding carboxylic acids is 2. The van der Waals surface area contributed by atoms with Gasteiger partial charge in [-0.05, 0) is 49.2 Å². The number of oxime groups is 1. The maximum Gasteiger partial charge on any atom is 0.343 e. The van der Waals surface area contributed by atoms with Crippen LogP contribution in [-0.2, 0) is 9.59 Å². The minimum Gasteiger partial charge on any atom is -0.479 e. The molecule has 0 radical (unpaired) electrons. The van der Waals surface area contributed by atoms with E-state index < -0.39 is 53.6 Å². The average Bonchev–Trinajstić information content (AvgIpc) is 2.93. The van der Waals surface area contributed by atoms with Crippen molar-refractivity contribution < 1.29 is 33.5 Å². The monoisotopic (exact) mass is 493 g/mol. The number of urea groups is 1. The fraction of sp³-hybridized carbons (Fsp3) is 0.304. The highest BCUT2D eigenvalue weighted by molar-refractivity contribution is 6.30. The van der Waals surface area contributed by atoms with Crippen molar-refractivity contribution in [1.82, 2.24) is 9.80 Å². The minimum absolute atomic E-state index is 0.333. The fourth-order valence-electron chi connectivity index (χ4n) is 3.59. The molecule has 11 heteroatoms. The molecular weight excluding hydrogens is 472 g/mol. The summed E-state index contributed by atoms with van der Waals surface area (Å²) in [4.78, 5) is 38.4. The molecule has 1 atom stereocenters. The Morgan fingerprint density at radius 3 is 2.21 bits per heavy atom. The maximum atomic E-state index is 15.6. The van der Waals surface area contributed by atoms with E-state index in [4.69, 9.17) is 11.6 Å². The molecule has 3 rings (SSSR count). The predicted octanol–water partition coefficient (Wildman–Crippen LogP) is 4.18. The number of aliphatic carboxylic acids is 1. The Morgan fingerprint density at radius 2 is 1.74 bits per heavy atom. The number of likely N-dealkylation sites (N-methyl/N-ethyl adjacent to an activating group) is 1. The molecular formula is C23H22ClF2N3O5. The van der Waals surface area contributed by atoms with Gasteiger partial charge in [-0.1, -0.05) is 35.0 Å². The van der Waals surface area contributed by atoms with E-state index in [0.29, 0.717) is 21.0 Å². The summed E-state index contributed by atoms with van der Waals surface area (Å²) >= 11 is 5.86. The lowest BCUT2D eigenvalue weighted by atomic mass is 9.92. The quantitative estimate of drug-likeness (QED) is 0.260. The molecule has 0 bridgehead atoms. The van der Waals surface area contributed by atoms with Gasteiger partial charge in [-0.15, -0.1) is 0 Å². The zero-order chi connectivity index (χ0) is 25.4. The van der Waals surface area contributed by atoms with Crippen LogP contribution in [0.1, 0.15) is 25.8 Å². The SMILES string of the molecule is CN1C(=O)N(CC(F)(C/C(=N\O)c2ccc(-c3ccc(Cl)cc3)cc2F)C(=O)O)C(=O)C1(C)C. The first-order chi connectivity index (χ1) is 15.8. The molecule has 1 heterocycles. The first-order valence-corrected chi connectivity index (χ1v) is 10.5. The maximum absolute atomic E-state index is 15.6. The van der Waals surface area contributed by atoms with Gasteiger partial charge in [-0.2, -0.15) is 0 Å². The third-order valence-electron chi connectivity index (χ3n) is 5.94. The van der Waals surface area contributed by atoms with Crippen molar-refractivity contribution in [3.8, 4) is 11.1 Å². The van der Waals surface area contributed by atoms with Gasteiger partial charge in [-0.3, -0.25) is 9.69 Å². The number of carbonyl (C=O) groups is 3. The van der Waals surface area contributed by atoms with Crippen molar-refractivity contribution in [3.63, 3.8) is 0 Å². The molecule has 2 aromatic carbocycles. The molecule has 8 nitrogen and oxygen atoms in total. The number of carboxylic acid groups (broad SMARTS) is 1. The van der Waals surface area contributed by atoms with E-state index in [1.165, 1.54) is 33.0 Å². The van der Waals surface area contributed by atoms with E-state index in [1.54, 1.807) is 24.3 Å². The summed E-state index contributed by atoms with van der Waals surface area (Å²) in [5.74, 6) is -3.67. The van der Waals surface area contributed by atoms with Gasteiger partial charge < -0.3 is 15.2 Å². The largest absolute Gasteiger partial charge is 0.479 e. The Morgan fingerprint density at radius 1 is 1.15 bits per heavy atom. The fourth-order valence-corrected chi connectivity index (χ4v) is 3.72. The number of carboxylic acids is 1. The Kier molecular flexibility index (Phi) is 6.66. The third kappa shape index (κ3) is 4.45.